The first kappa shape index (κ1) is 9.13. The van der Waals surface area contributed by atoms with E-state index in [1.54, 1.807) is 0 Å². The standard InChI is InChI=1S/C12H13NO/c1-3-8-6-5-7-10-11(8)12(14)9(4-2)13-10/h5-7H,3-4H2,1-2H3. The van der Waals surface area contributed by atoms with Crippen molar-refractivity contribution in [3.8, 4) is 0 Å². The number of Topliss-reactive ketones (excluding diaryl/α,β-unsaturated/α-hetero) is 1. The van der Waals surface area contributed by atoms with Crippen LogP contribution in [-0.2, 0) is 6.42 Å². The molecule has 1 aromatic carbocycles. The molecule has 1 aliphatic rings. The second-order valence-corrected chi connectivity index (χ2v) is 3.41. The lowest BCUT2D eigenvalue weighted by molar-refractivity contribution is 0.106. The summed E-state index contributed by atoms with van der Waals surface area (Å²) in [7, 11) is 0. The molecule has 2 rings (SSSR count). The molecule has 0 aliphatic carbocycles. The van der Waals surface area contributed by atoms with E-state index in [0.717, 1.165) is 29.7 Å². The molecule has 0 atom stereocenters. The van der Waals surface area contributed by atoms with E-state index in [-0.39, 0.29) is 5.78 Å². The Labute approximate surface area is 83.7 Å². The summed E-state index contributed by atoms with van der Waals surface area (Å²) in [6.45, 7) is 4.03. The summed E-state index contributed by atoms with van der Waals surface area (Å²) < 4.78 is 0. The van der Waals surface area contributed by atoms with Crippen LogP contribution in [0.3, 0.4) is 0 Å². The molecule has 72 valence electrons. The van der Waals surface area contributed by atoms with Gasteiger partial charge in [0.25, 0.3) is 0 Å². The van der Waals surface area contributed by atoms with Gasteiger partial charge in [0, 0.05) is 0 Å². The van der Waals surface area contributed by atoms with E-state index in [4.69, 9.17) is 0 Å². The first-order valence-electron chi connectivity index (χ1n) is 5.02. The first-order chi connectivity index (χ1) is 6.77. The molecule has 2 nitrogen and oxygen atoms in total. The topological polar surface area (TPSA) is 29.4 Å². The molecular weight excluding hydrogens is 174 g/mol. The zero-order valence-corrected chi connectivity index (χ0v) is 8.50. The molecule has 14 heavy (non-hydrogen) atoms. The average molecular weight is 187 g/mol. The number of hydrogen-bond acceptors (Lipinski definition) is 2. The molecule has 0 unspecified atom stereocenters. The van der Waals surface area contributed by atoms with Crippen LogP contribution in [-0.4, -0.2) is 11.5 Å². The molecule has 0 bridgehead atoms. The van der Waals surface area contributed by atoms with Crippen molar-refractivity contribution in [1.82, 2.24) is 0 Å². The second kappa shape index (κ2) is 3.37. The van der Waals surface area contributed by atoms with Crippen molar-refractivity contribution in [2.45, 2.75) is 26.7 Å². The van der Waals surface area contributed by atoms with Gasteiger partial charge in [-0.25, -0.2) is 4.99 Å². The minimum absolute atomic E-state index is 0.125. The number of rotatable bonds is 2. The van der Waals surface area contributed by atoms with Gasteiger partial charge in [-0.3, -0.25) is 4.79 Å². The summed E-state index contributed by atoms with van der Waals surface area (Å²) in [6, 6.07) is 5.88. The number of carbonyl (C=O) groups is 1. The van der Waals surface area contributed by atoms with E-state index in [1.807, 2.05) is 25.1 Å². The highest BCUT2D eigenvalue weighted by molar-refractivity contribution is 6.50. The van der Waals surface area contributed by atoms with E-state index < -0.39 is 0 Å². The Morgan fingerprint density at radius 1 is 1.21 bits per heavy atom. The van der Waals surface area contributed by atoms with E-state index in [2.05, 4.69) is 11.9 Å². The SMILES string of the molecule is CCC1=Nc2cccc(CC)c2C1=O. The van der Waals surface area contributed by atoms with Gasteiger partial charge in [-0.15, -0.1) is 0 Å². The maximum Gasteiger partial charge on any atom is 0.209 e. The van der Waals surface area contributed by atoms with Crippen LogP contribution in [0.15, 0.2) is 23.2 Å². The van der Waals surface area contributed by atoms with Crippen LogP contribution in [0.25, 0.3) is 0 Å². The monoisotopic (exact) mass is 187 g/mol. The number of hydrogen-bond donors (Lipinski definition) is 0. The molecular formula is C12H13NO. The summed E-state index contributed by atoms with van der Waals surface area (Å²) in [5.74, 6) is 0.125. The minimum Gasteiger partial charge on any atom is -0.287 e. The molecule has 0 aromatic heterocycles. The molecule has 0 fully saturated rings. The maximum atomic E-state index is 11.9. The quantitative estimate of drug-likeness (QED) is 0.700. The Morgan fingerprint density at radius 3 is 2.64 bits per heavy atom. The smallest absolute Gasteiger partial charge is 0.209 e. The van der Waals surface area contributed by atoms with Gasteiger partial charge in [0.05, 0.1) is 17.0 Å². The number of benzene rings is 1. The molecule has 1 aromatic rings. The van der Waals surface area contributed by atoms with Crippen molar-refractivity contribution in [3.63, 3.8) is 0 Å². The second-order valence-electron chi connectivity index (χ2n) is 3.41. The van der Waals surface area contributed by atoms with Crippen molar-refractivity contribution in [3.05, 3.63) is 29.3 Å². The normalized spacial score (nSPS) is 14.1. The Bertz CT molecular complexity index is 418. The minimum atomic E-state index is 0.125. The summed E-state index contributed by atoms with van der Waals surface area (Å²) in [4.78, 5) is 16.2. The van der Waals surface area contributed by atoms with Gasteiger partial charge in [0.2, 0.25) is 5.78 Å². The van der Waals surface area contributed by atoms with Crippen molar-refractivity contribution in [2.75, 3.05) is 0 Å². The lowest BCUT2D eigenvalue weighted by Crippen LogP contribution is -2.09. The van der Waals surface area contributed by atoms with E-state index in [9.17, 15) is 4.79 Å². The largest absolute Gasteiger partial charge is 0.287 e. The summed E-state index contributed by atoms with van der Waals surface area (Å²) in [5.41, 5.74) is 3.48. The first-order valence-corrected chi connectivity index (χ1v) is 5.02. The molecule has 1 heterocycles. The third-order valence-electron chi connectivity index (χ3n) is 2.59. The van der Waals surface area contributed by atoms with Crippen molar-refractivity contribution >= 4 is 17.2 Å². The number of ketones is 1. The van der Waals surface area contributed by atoms with Crippen LogP contribution in [0, 0.1) is 0 Å². The van der Waals surface area contributed by atoms with Gasteiger partial charge in [-0.1, -0.05) is 26.0 Å². The predicted octanol–water partition coefficient (Wildman–Crippen LogP) is 2.93. The summed E-state index contributed by atoms with van der Waals surface area (Å²) in [6.07, 6.45) is 1.61. The third kappa shape index (κ3) is 1.18. The molecule has 2 heteroatoms. The van der Waals surface area contributed by atoms with Crippen molar-refractivity contribution in [1.29, 1.82) is 0 Å². The van der Waals surface area contributed by atoms with Crippen LogP contribution in [0.2, 0.25) is 0 Å². The zero-order valence-electron chi connectivity index (χ0n) is 8.50. The van der Waals surface area contributed by atoms with E-state index >= 15 is 0 Å². The Kier molecular flexibility index (Phi) is 2.20. The van der Waals surface area contributed by atoms with Gasteiger partial charge in [-0.2, -0.15) is 0 Å². The average Bonchev–Trinajstić information content (AvgIpc) is 2.55. The summed E-state index contributed by atoms with van der Waals surface area (Å²) >= 11 is 0. The van der Waals surface area contributed by atoms with Crippen LogP contribution in [0.1, 0.15) is 36.2 Å². The Morgan fingerprint density at radius 2 is 2.00 bits per heavy atom. The fourth-order valence-corrected chi connectivity index (χ4v) is 1.82. The van der Waals surface area contributed by atoms with Gasteiger partial charge < -0.3 is 0 Å². The number of carbonyl (C=O) groups excluding carboxylic acids is 1. The highest BCUT2D eigenvalue weighted by atomic mass is 16.1. The van der Waals surface area contributed by atoms with Gasteiger partial charge >= 0.3 is 0 Å². The van der Waals surface area contributed by atoms with E-state index in [0.29, 0.717) is 5.71 Å². The van der Waals surface area contributed by atoms with Crippen molar-refractivity contribution in [2.24, 2.45) is 4.99 Å². The molecule has 0 amide bonds. The molecule has 0 N–H and O–H groups in total. The zero-order chi connectivity index (χ0) is 10.1. The lowest BCUT2D eigenvalue weighted by atomic mass is 9.99. The fourth-order valence-electron chi connectivity index (χ4n) is 1.82. The number of aryl methyl sites for hydroxylation is 1. The number of nitrogens with zero attached hydrogens (tertiary/aromatic N) is 1. The Balaban J connectivity index is 2.56. The highest BCUT2D eigenvalue weighted by Crippen LogP contribution is 2.30. The molecule has 0 saturated carbocycles. The molecule has 1 aliphatic heterocycles. The molecule has 0 saturated heterocycles. The van der Waals surface area contributed by atoms with Crippen molar-refractivity contribution < 1.29 is 4.79 Å². The maximum absolute atomic E-state index is 11.9. The Hall–Kier alpha value is -1.44. The van der Waals surface area contributed by atoms with Crippen LogP contribution in [0.5, 0.6) is 0 Å². The van der Waals surface area contributed by atoms with Crippen LogP contribution in [0.4, 0.5) is 5.69 Å². The lowest BCUT2D eigenvalue weighted by Gasteiger charge is -2.02. The van der Waals surface area contributed by atoms with Crippen LogP contribution >= 0.6 is 0 Å². The highest BCUT2D eigenvalue weighted by Gasteiger charge is 2.24. The molecule has 0 spiro atoms. The predicted molar refractivity (Wildman–Crippen MR) is 57.5 cm³/mol. The van der Waals surface area contributed by atoms with Gasteiger partial charge in [0.15, 0.2) is 0 Å². The number of aliphatic imine (C=N–C) groups is 1. The van der Waals surface area contributed by atoms with Gasteiger partial charge in [0.1, 0.15) is 0 Å². The van der Waals surface area contributed by atoms with E-state index in [1.165, 1.54) is 0 Å². The van der Waals surface area contributed by atoms with Gasteiger partial charge in [-0.05, 0) is 24.5 Å². The number of fused-ring (bicyclic) bond motifs is 1. The molecule has 0 radical (unpaired) electrons. The van der Waals surface area contributed by atoms with Crippen LogP contribution < -0.4 is 0 Å². The third-order valence-corrected chi connectivity index (χ3v) is 2.59. The summed E-state index contributed by atoms with van der Waals surface area (Å²) in [5, 5.41) is 0. The fraction of sp³-hybridized carbons (Fsp3) is 0.333.